The van der Waals surface area contributed by atoms with Gasteiger partial charge in [-0.15, -0.1) is 0 Å². The number of benzene rings is 4. The predicted molar refractivity (Wildman–Crippen MR) is 261 cm³/mol. The Morgan fingerprint density at radius 3 is 2.13 bits per heavy atom. The largest absolute Gasteiger partial charge is 0.489 e. The first kappa shape index (κ1) is 52.4. The first-order chi connectivity index (χ1) is 33.7. The second kappa shape index (κ2) is 26.1. The molecule has 0 radical (unpaired) electrons. The molecule has 7 amide bonds. The molecule has 1 saturated heterocycles. The second-order valence-electron chi connectivity index (χ2n) is 16.9. The fourth-order valence-corrected chi connectivity index (χ4v) is 8.55. The zero-order valence-corrected chi connectivity index (χ0v) is 40.0. The summed E-state index contributed by atoms with van der Waals surface area (Å²) in [5, 5.41) is 28.9. The molecule has 0 saturated carbocycles. The molecular weight excluding hydrogens is 942 g/mol. The molecule has 7 N–H and O–H groups in total. The molecule has 2 aliphatic rings. The molecular formula is C51H57Cl2N7O10. The maximum atomic E-state index is 14.4. The summed E-state index contributed by atoms with van der Waals surface area (Å²) in [5.41, 5.74) is 2.82. The van der Waals surface area contributed by atoms with Gasteiger partial charge in [-0.05, 0) is 73.1 Å². The molecule has 0 aliphatic carbocycles. The molecule has 6 rings (SSSR count). The van der Waals surface area contributed by atoms with E-state index in [2.05, 4.69) is 31.9 Å². The van der Waals surface area contributed by atoms with E-state index in [0.29, 0.717) is 33.3 Å². The van der Waals surface area contributed by atoms with E-state index in [1.54, 1.807) is 72.8 Å². The van der Waals surface area contributed by atoms with Gasteiger partial charge in [-0.1, -0.05) is 108 Å². The van der Waals surface area contributed by atoms with Crippen molar-refractivity contribution in [2.45, 2.75) is 95.0 Å². The van der Waals surface area contributed by atoms with Crippen LogP contribution in [0.15, 0.2) is 115 Å². The number of nitrogens with zero attached hydrogens (tertiary/aromatic N) is 1. The number of alkyl carbamates (subject to hydrolysis) is 1. The first-order valence-corrected chi connectivity index (χ1v) is 23.8. The number of ether oxygens (including phenoxy) is 2. The Balaban J connectivity index is 1.25. The molecule has 17 nitrogen and oxygen atoms in total. The number of hydrogen-bond acceptors (Lipinski definition) is 10. The van der Waals surface area contributed by atoms with Crippen molar-refractivity contribution in [2.75, 3.05) is 19.6 Å². The summed E-state index contributed by atoms with van der Waals surface area (Å²) in [7, 11) is 0. The monoisotopic (exact) mass is 997 g/mol. The maximum Gasteiger partial charge on any atom is 0.407 e. The molecule has 2 aliphatic heterocycles. The van der Waals surface area contributed by atoms with E-state index < -0.39 is 77.8 Å². The Morgan fingerprint density at radius 2 is 1.44 bits per heavy atom. The average Bonchev–Trinajstić information content (AvgIpc) is 3.85. The van der Waals surface area contributed by atoms with E-state index in [1.807, 2.05) is 30.3 Å². The van der Waals surface area contributed by atoms with Crippen LogP contribution in [-0.4, -0.2) is 107 Å². The highest BCUT2D eigenvalue weighted by Crippen LogP contribution is 2.26. The van der Waals surface area contributed by atoms with Crippen LogP contribution < -0.4 is 36.6 Å². The minimum absolute atomic E-state index is 0.000736. The van der Waals surface area contributed by atoms with Crippen molar-refractivity contribution in [3.05, 3.63) is 148 Å². The van der Waals surface area contributed by atoms with Gasteiger partial charge in [-0.2, -0.15) is 0 Å². The number of nitrogens with one attached hydrogen (secondary N) is 6. The Kier molecular flexibility index (Phi) is 19.6. The minimum atomic E-state index is -1.91. The van der Waals surface area contributed by atoms with Gasteiger partial charge in [0, 0.05) is 54.7 Å². The summed E-state index contributed by atoms with van der Waals surface area (Å²) in [4.78, 5) is 96.2. The number of hydrogen-bond donors (Lipinski definition) is 7. The second-order valence-corrected chi connectivity index (χ2v) is 17.8. The van der Waals surface area contributed by atoms with Gasteiger partial charge in [0.2, 0.25) is 29.5 Å². The zero-order chi connectivity index (χ0) is 50.0. The molecule has 0 spiro atoms. The number of halogens is 2. The number of aliphatic hydroxyl groups is 1. The molecule has 4 aromatic carbocycles. The van der Waals surface area contributed by atoms with Crippen LogP contribution in [0, 0.1) is 0 Å². The van der Waals surface area contributed by atoms with Crippen molar-refractivity contribution >= 4 is 64.7 Å². The molecule has 0 aromatic heterocycles. The van der Waals surface area contributed by atoms with E-state index in [1.165, 1.54) is 24.0 Å². The highest BCUT2D eigenvalue weighted by Gasteiger charge is 2.40. The van der Waals surface area contributed by atoms with Gasteiger partial charge in [-0.3, -0.25) is 28.8 Å². The number of fused-ring (bicyclic) bond motifs is 1. The summed E-state index contributed by atoms with van der Waals surface area (Å²) in [5.74, 6) is -3.60. The topological polar surface area (TPSA) is 234 Å². The third-order valence-corrected chi connectivity index (χ3v) is 12.4. The normalized spacial score (nSPS) is 21.8. The fourth-order valence-electron chi connectivity index (χ4n) is 8.04. The molecule has 4 aromatic rings. The molecule has 0 unspecified atom stereocenters. The van der Waals surface area contributed by atoms with Crippen LogP contribution in [0.1, 0.15) is 54.9 Å². The Bertz CT molecular complexity index is 2460. The molecule has 2 heterocycles. The highest BCUT2D eigenvalue weighted by atomic mass is 35.5. The van der Waals surface area contributed by atoms with Crippen molar-refractivity contribution < 1.29 is 48.1 Å². The lowest BCUT2D eigenvalue weighted by Crippen LogP contribution is -2.59. The summed E-state index contributed by atoms with van der Waals surface area (Å²) >= 11 is 12.7. The molecule has 19 heteroatoms. The Labute approximate surface area is 416 Å². The van der Waals surface area contributed by atoms with E-state index in [4.69, 9.17) is 32.7 Å². The summed E-state index contributed by atoms with van der Waals surface area (Å²) < 4.78 is 11.3. The van der Waals surface area contributed by atoms with Crippen LogP contribution in [0.25, 0.3) is 0 Å². The molecule has 370 valence electrons. The fraction of sp³-hybridized carbons (Fsp3) is 0.353. The summed E-state index contributed by atoms with van der Waals surface area (Å²) in [6, 6.07) is 24.5. The van der Waals surface area contributed by atoms with Crippen LogP contribution in [-0.2, 0) is 59.6 Å². The van der Waals surface area contributed by atoms with Crippen molar-refractivity contribution in [2.24, 2.45) is 0 Å². The zero-order valence-electron chi connectivity index (χ0n) is 38.5. The van der Waals surface area contributed by atoms with Crippen molar-refractivity contribution in [3.8, 4) is 5.75 Å². The summed E-state index contributed by atoms with van der Waals surface area (Å²) in [6.45, 7) is 1.25. The average molecular weight is 999 g/mol. The van der Waals surface area contributed by atoms with E-state index in [-0.39, 0.29) is 65.0 Å². The van der Waals surface area contributed by atoms with Crippen molar-refractivity contribution in [1.29, 1.82) is 0 Å². The number of rotatable bonds is 14. The standard InChI is InChI=1S/C51H57Cl2N7O10/c1-32(61)56-43-29-55-45(62)24-21-36(27-34-19-22-37(23-20-34)69-31-38-39(52)15-8-16-40(38)53)57-47(64)42(28-33-11-4-2-5-12-33)59-49(66)46(63)41(58-48(65)44-18-10-26-60(44)50(43)67)17-9-25-54-51(68)70-30-35-13-6-3-7-14-35/h2-8,11-16,19-24,36,41-44,46,63H,9-10,17-18,25-31H2,1H3,(H,54,68)(H,55,62)(H,56,61)(H,57,64)(H,58,65)(H,59,66)/b24-21+/t36-,41+,42-,43+,44+,46-/m1/s1. The molecule has 1 fully saturated rings. The SMILES string of the molecule is CC(=O)N[C@H]1CNC(=O)/C=C/[C@H](Cc2ccc(OCc3c(Cl)cccc3Cl)cc2)NC(=O)[C@@H](Cc2ccccc2)NC(=O)[C@H](O)[C@H](CCCNC(=O)OCc2ccccc2)NC(=O)[C@@H]2CCCN2C1=O. The van der Waals surface area contributed by atoms with Crippen LogP contribution >= 0.6 is 23.2 Å². The van der Waals surface area contributed by atoms with Crippen LogP contribution in [0.4, 0.5) is 4.79 Å². The third-order valence-electron chi connectivity index (χ3n) is 11.7. The van der Waals surface area contributed by atoms with E-state index >= 15 is 0 Å². The van der Waals surface area contributed by atoms with Gasteiger partial charge in [-0.25, -0.2) is 4.79 Å². The third kappa shape index (κ3) is 15.8. The van der Waals surface area contributed by atoms with Gasteiger partial charge >= 0.3 is 6.09 Å². The minimum Gasteiger partial charge on any atom is -0.489 e. The predicted octanol–water partition coefficient (Wildman–Crippen LogP) is 4.06. The lowest BCUT2D eigenvalue weighted by Gasteiger charge is -2.31. The maximum absolute atomic E-state index is 14.4. The quantitative estimate of drug-likeness (QED) is 0.0896. The van der Waals surface area contributed by atoms with Gasteiger partial charge in [0.05, 0.1) is 12.1 Å². The number of carbonyl (C=O) groups is 7. The lowest BCUT2D eigenvalue weighted by atomic mass is 10.0. The van der Waals surface area contributed by atoms with Crippen molar-refractivity contribution in [1.82, 2.24) is 36.8 Å². The Hall–Kier alpha value is -6.95. The van der Waals surface area contributed by atoms with Crippen LogP contribution in [0.3, 0.4) is 0 Å². The molecule has 6 atom stereocenters. The van der Waals surface area contributed by atoms with Gasteiger partial charge < -0.3 is 51.4 Å². The first-order valence-electron chi connectivity index (χ1n) is 23.0. The van der Waals surface area contributed by atoms with Gasteiger partial charge in [0.25, 0.3) is 5.91 Å². The number of amides is 7. The van der Waals surface area contributed by atoms with Gasteiger partial charge in [0.15, 0.2) is 6.10 Å². The lowest BCUT2D eigenvalue weighted by molar-refractivity contribution is -0.142. The molecule has 70 heavy (non-hydrogen) atoms. The van der Waals surface area contributed by atoms with Crippen LogP contribution in [0.2, 0.25) is 10.0 Å². The number of aliphatic hydroxyl groups excluding tert-OH is 1. The highest BCUT2D eigenvalue weighted by molar-refractivity contribution is 6.36. The van der Waals surface area contributed by atoms with Crippen LogP contribution in [0.5, 0.6) is 5.75 Å². The van der Waals surface area contributed by atoms with E-state index in [0.717, 1.165) is 11.1 Å². The molecule has 0 bridgehead atoms. The smallest absolute Gasteiger partial charge is 0.407 e. The van der Waals surface area contributed by atoms with Crippen molar-refractivity contribution in [3.63, 3.8) is 0 Å². The van der Waals surface area contributed by atoms with E-state index in [9.17, 15) is 38.7 Å². The summed E-state index contributed by atoms with van der Waals surface area (Å²) in [6.07, 6.45) is 1.02. The Morgan fingerprint density at radius 1 is 0.771 bits per heavy atom. The van der Waals surface area contributed by atoms with Gasteiger partial charge in [0.1, 0.15) is 37.1 Å². The number of carbonyl (C=O) groups excluding carboxylic acids is 7.